The molecule has 0 saturated carbocycles. The lowest BCUT2D eigenvalue weighted by Crippen LogP contribution is -2.59. The van der Waals surface area contributed by atoms with E-state index < -0.39 is 4.87 Å². The molecule has 1 aromatic carbocycles. The number of para-hydroxylation sites is 1. The average Bonchev–Trinajstić information content (AvgIpc) is 3.35. The van der Waals surface area contributed by atoms with E-state index >= 15 is 0 Å². The van der Waals surface area contributed by atoms with E-state index in [1.807, 2.05) is 35.2 Å². The van der Waals surface area contributed by atoms with Gasteiger partial charge >= 0.3 is 0 Å². The molecule has 1 saturated heterocycles. The van der Waals surface area contributed by atoms with Crippen LogP contribution in [0.5, 0.6) is 0 Å². The SMILES string of the molecule is Nc1nc(N2CC[C@@]2([SH2+])c2nn3ccc(Cl)c3c(=O)n2-c2ccccc2)n2ncc(Cl)c2n1. The summed E-state index contributed by atoms with van der Waals surface area (Å²) in [6.07, 6.45) is 3.77. The van der Waals surface area contributed by atoms with Crippen molar-refractivity contribution in [3.8, 4) is 5.69 Å². The summed E-state index contributed by atoms with van der Waals surface area (Å²) in [5, 5.41) is 9.77. The van der Waals surface area contributed by atoms with Crippen molar-refractivity contribution in [1.29, 1.82) is 0 Å². The maximum Gasteiger partial charge on any atom is 0.284 e. The summed E-state index contributed by atoms with van der Waals surface area (Å²) >= 11 is 16.5. The minimum atomic E-state index is -0.897. The number of nitrogens with zero attached hydrogens (tertiary/aromatic N) is 8. The third-order valence-corrected chi connectivity index (χ3v) is 7.06. The first-order chi connectivity index (χ1) is 15.9. The smallest absolute Gasteiger partial charge is 0.284 e. The van der Waals surface area contributed by atoms with Gasteiger partial charge < -0.3 is 5.73 Å². The fourth-order valence-corrected chi connectivity index (χ4v) is 4.97. The Bertz CT molecular complexity index is 1610. The van der Waals surface area contributed by atoms with E-state index in [0.29, 0.717) is 46.1 Å². The van der Waals surface area contributed by atoms with E-state index in [1.165, 1.54) is 15.2 Å². The van der Waals surface area contributed by atoms with Crippen molar-refractivity contribution in [2.45, 2.75) is 11.3 Å². The highest BCUT2D eigenvalue weighted by atomic mass is 35.5. The van der Waals surface area contributed by atoms with Gasteiger partial charge in [-0.05, 0) is 30.8 Å². The Labute approximate surface area is 201 Å². The maximum atomic E-state index is 13.6. The molecular formula is C20H16Cl2N9OS+. The predicted octanol–water partition coefficient (Wildman–Crippen LogP) is 1.89. The molecule has 0 aliphatic carbocycles. The number of benzene rings is 1. The van der Waals surface area contributed by atoms with Gasteiger partial charge in [-0.2, -0.15) is 19.6 Å². The molecule has 166 valence electrons. The number of hydrogen-bond acceptors (Lipinski definition) is 7. The van der Waals surface area contributed by atoms with Crippen LogP contribution in [0.4, 0.5) is 11.9 Å². The van der Waals surface area contributed by atoms with E-state index in [2.05, 4.69) is 27.7 Å². The van der Waals surface area contributed by atoms with Gasteiger partial charge in [0.05, 0.1) is 16.9 Å². The van der Waals surface area contributed by atoms with Gasteiger partial charge in [0.2, 0.25) is 17.7 Å². The van der Waals surface area contributed by atoms with E-state index in [0.717, 1.165) is 0 Å². The summed E-state index contributed by atoms with van der Waals surface area (Å²) in [5.74, 6) is 0.928. The van der Waals surface area contributed by atoms with Crippen LogP contribution in [-0.4, -0.2) is 40.3 Å². The van der Waals surface area contributed by atoms with Crippen LogP contribution >= 0.6 is 23.2 Å². The monoisotopic (exact) mass is 500 g/mol. The molecule has 5 aromatic rings. The molecule has 2 N–H and O–H groups in total. The highest BCUT2D eigenvalue weighted by molar-refractivity contribution is 7.60. The summed E-state index contributed by atoms with van der Waals surface area (Å²) in [7, 11) is 0. The Morgan fingerprint density at radius 2 is 1.88 bits per heavy atom. The zero-order valence-corrected chi connectivity index (χ0v) is 19.4. The van der Waals surface area contributed by atoms with Gasteiger partial charge in [-0.15, -0.1) is 5.10 Å². The molecule has 0 radical (unpaired) electrons. The van der Waals surface area contributed by atoms with Crippen LogP contribution in [0.25, 0.3) is 16.9 Å². The van der Waals surface area contributed by atoms with Gasteiger partial charge in [-0.25, -0.2) is 4.52 Å². The van der Waals surface area contributed by atoms with Gasteiger partial charge in [0, 0.05) is 19.2 Å². The molecule has 1 fully saturated rings. The summed E-state index contributed by atoms with van der Waals surface area (Å²) in [5.41, 5.74) is 7.01. The molecule has 0 unspecified atom stereocenters. The Kier molecular flexibility index (Phi) is 4.38. The van der Waals surface area contributed by atoms with Crippen LogP contribution in [0.3, 0.4) is 0 Å². The molecule has 1 aliphatic heterocycles. The molecule has 0 bridgehead atoms. The molecule has 0 amide bonds. The van der Waals surface area contributed by atoms with Gasteiger partial charge in [-0.3, -0.25) is 14.3 Å². The lowest BCUT2D eigenvalue weighted by molar-refractivity contribution is 0.372. The highest BCUT2D eigenvalue weighted by Gasteiger charge is 2.55. The number of fused-ring (bicyclic) bond motifs is 2. The largest absolute Gasteiger partial charge is 0.368 e. The minimum Gasteiger partial charge on any atom is -0.368 e. The number of halogens is 2. The second kappa shape index (κ2) is 7.11. The molecular weight excluding hydrogens is 485 g/mol. The van der Waals surface area contributed by atoms with Crippen LogP contribution in [0.1, 0.15) is 12.2 Å². The second-order valence-corrected chi connectivity index (χ2v) is 9.27. The van der Waals surface area contributed by atoms with Gasteiger partial charge in [0.15, 0.2) is 5.65 Å². The number of aromatic nitrogens is 7. The van der Waals surface area contributed by atoms with Crippen molar-refractivity contribution in [3.63, 3.8) is 0 Å². The van der Waals surface area contributed by atoms with Crippen LogP contribution in [-0.2, 0) is 17.5 Å². The maximum absolute atomic E-state index is 13.6. The quantitative estimate of drug-likeness (QED) is 0.376. The number of anilines is 2. The summed E-state index contributed by atoms with van der Waals surface area (Å²) in [4.78, 5) is 23.2. The van der Waals surface area contributed by atoms with Gasteiger partial charge in [0.1, 0.15) is 10.5 Å². The van der Waals surface area contributed by atoms with E-state index in [1.54, 1.807) is 16.8 Å². The fourth-order valence-electron chi connectivity index (χ4n) is 4.09. The first-order valence-corrected chi connectivity index (χ1v) is 11.2. The number of nitrogens with two attached hydrogens (primary N) is 1. The van der Waals surface area contributed by atoms with Crippen molar-refractivity contribution < 1.29 is 0 Å². The van der Waals surface area contributed by atoms with Crippen molar-refractivity contribution in [2.75, 3.05) is 17.2 Å². The molecule has 1 aliphatic rings. The summed E-state index contributed by atoms with van der Waals surface area (Å²) in [6, 6.07) is 10.9. The Balaban J connectivity index is 1.62. The van der Waals surface area contributed by atoms with E-state index in [4.69, 9.17) is 34.0 Å². The molecule has 10 nitrogen and oxygen atoms in total. The predicted molar refractivity (Wildman–Crippen MR) is 130 cm³/mol. The molecule has 13 heteroatoms. The Morgan fingerprint density at radius 1 is 1.09 bits per heavy atom. The zero-order valence-electron chi connectivity index (χ0n) is 16.9. The number of nitrogen functional groups attached to an aromatic ring is 1. The lowest BCUT2D eigenvalue weighted by atomic mass is 10.0. The number of hydrogen-bond donors (Lipinski definition) is 1. The van der Waals surface area contributed by atoms with Crippen LogP contribution in [0.15, 0.2) is 53.6 Å². The summed E-state index contributed by atoms with van der Waals surface area (Å²) in [6.45, 7) is 0.599. The minimum absolute atomic E-state index is 0.0573. The van der Waals surface area contributed by atoms with Crippen LogP contribution in [0, 0.1) is 0 Å². The first-order valence-electron chi connectivity index (χ1n) is 9.94. The second-order valence-electron chi connectivity index (χ2n) is 7.63. The highest BCUT2D eigenvalue weighted by Crippen LogP contribution is 2.42. The van der Waals surface area contributed by atoms with Gasteiger partial charge in [0.25, 0.3) is 10.4 Å². The molecule has 0 spiro atoms. The molecule has 1 atom stereocenters. The molecule has 6 rings (SSSR count). The topological polar surface area (TPSA) is 112 Å². The Hall–Kier alpha value is -3.28. The van der Waals surface area contributed by atoms with Crippen molar-refractivity contribution in [3.05, 3.63) is 75.0 Å². The third kappa shape index (κ3) is 2.86. The summed E-state index contributed by atoms with van der Waals surface area (Å²) < 4.78 is 4.56. The number of rotatable bonds is 3. The van der Waals surface area contributed by atoms with Crippen molar-refractivity contribution in [1.82, 2.24) is 33.8 Å². The fraction of sp³-hybridized carbons (Fsp3) is 0.150. The zero-order chi connectivity index (χ0) is 22.9. The Morgan fingerprint density at radius 3 is 2.61 bits per heavy atom. The van der Waals surface area contributed by atoms with Crippen molar-refractivity contribution >= 4 is 58.9 Å². The van der Waals surface area contributed by atoms with Gasteiger partial charge in [-0.1, -0.05) is 41.4 Å². The average molecular weight is 501 g/mol. The molecule has 33 heavy (non-hydrogen) atoms. The third-order valence-electron chi connectivity index (χ3n) is 5.75. The van der Waals surface area contributed by atoms with Crippen molar-refractivity contribution in [2.24, 2.45) is 0 Å². The van der Waals surface area contributed by atoms with Crippen LogP contribution in [0.2, 0.25) is 10.0 Å². The van der Waals surface area contributed by atoms with E-state index in [-0.39, 0.29) is 17.0 Å². The lowest BCUT2D eigenvalue weighted by Gasteiger charge is -2.44. The molecule has 5 heterocycles. The van der Waals surface area contributed by atoms with Crippen LogP contribution < -0.4 is 16.2 Å². The van der Waals surface area contributed by atoms with E-state index in [9.17, 15) is 4.79 Å². The molecule has 4 aromatic heterocycles. The standard InChI is InChI=1S/C20H15Cl2N9OS/c21-12-6-8-29-14(12)16(32)30(11-4-2-1-3-5-11)17(27-29)20(33)7-9-28(20)19-26-18(23)25-15-13(22)10-24-31(15)19/h1-6,8,10,33H,7,9H2,(H2,23,25)/p+1/t20-/m1/s1. The normalized spacial score (nSPS) is 18.2. The first kappa shape index (κ1) is 20.3.